The van der Waals surface area contributed by atoms with E-state index >= 15 is 0 Å². The lowest BCUT2D eigenvalue weighted by molar-refractivity contribution is 0.170. The van der Waals surface area contributed by atoms with Gasteiger partial charge in [0, 0.05) is 0 Å². The van der Waals surface area contributed by atoms with E-state index in [0.717, 1.165) is 17.7 Å². The quantitative estimate of drug-likeness (QED) is 0.722. The molecule has 0 spiro atoms. The number of hydrogen-bond acceptors (Lipinski definition) is 4. The summed E-state index contributed by atoms with van der Waals surface area (Å²) in [7, 11) is 0. The average Bonchev–Trinajstić information content (AvgIpc) is 2.38. The van der Waals surface area contributed by atoms with Gasteiger partial charge in [0.25, 0.3) is 0 Å². The van der Waals surface area contributed by atoms with Gasteiger partial charge in [0.1, 0.15) is 0 Å². The summed E-state index contributed by atoms with van der Waals surface area (Å²) in [4.78, 5) is 0.863. The molecule has 1 aromatic heterocycles. The Morgan fingerprint density at radius 1 is 1.80 bits per heavy atom. The lowest BCUT2D eigenvalue weighted by Crippen LogP contribution is -1.92. The molecule has 0 aliphatic heterocycles. The lowest BCUT2D eigenvalue weighted by Gasteiger charge is -2.02. The molecule has 0 aromatic carbocycles. The van der Waals surface area contributed by atoms with E-state index in [0.29, 0.717) is 0 Å². The third-order valence-electron chi connectivity index (χ3n) is 1.27. The topological polar surface area (TPSA) is 46.0 Å². The second kappa shape index (κ2) is 3.63. The molecule has 1 heterocycles. The Kier molecular flexibility index (Phi) is 2.77. The van der Waals surface area contributed by atoms with Crippen LogP contribution in [0.3, 0.4) is 0 Å². The number of aliphatic hydroxyl groups is 1. The summed E-state index contributed by atoms with van der Waals surface area (Å²) in [6.45, 7) is 2.04. The van der Waals surface area contributed by atoms with Crippen LogP contribution in [-0.2, 0) is 0 Å². The van der Waals surface area contributed by atoms with Gasteiger partial charge in [-0.1, -0.05) is 17.8 Å². The molecule has 1 N–H and O–H groups in total. The van der Waals surface area contributed by atoms with Crippen molar-refractivity contribution in [3.63, 3.8) is 0 Å². The van der Waals surface area contributed by atoms with Crippen LogP contribution in [0.2, 0.25) is 0 Å². The van der Waals surface area contributed by atoms with Crippen molar-refractivity contribution in [3.05, 3.63) is 11.1 Å². The van der Waals surface area contributed by atoms with Crippen LogP contribution >= 0.6 is 11.5 Å². The minimum absolute atomic E-state index is 0.356. The molecular formula is C6H10N2OS. The van der Waals surface area contributed by atoms with Gasteiger partial charge in [-0.25, -0.2) is 0 Å². The van der Waals surface area contributed by atoms with Crippen molar-refractivity contribution >= 4 is 11.5 Å². The number of aromatic nitrogens is 2. The second-order valence-corrected chi connectivity index (χ2v) is 2.94. The zero-order valence-electron chi connectivity index (χ0n) is 5.82. The van der Waals surface area contributed by atoms with Gasteiger partial charge >= 0.3 is 0 Å². The second-order valence-electron chi connectivity index (χ2n) is 2.12. The molecule has 0 aliphatic rings. The lowest BCUT2D eigenvalue weighted by atomic mass is 10.2. The predicted octanol–water partition coefficient (Wildman–Crippen LogP) is 1.37. The van der Waals surface area contributed by atoms with E-state index in [-0.39, 0.29) is 6.10 Å². The van der Waals surface area contributed by atoms with Gasteiger partial charge in [0.2, 0.25) is 0 Å². The number of aliphatic hydroxyl groups excluding tert-OH is 1. The molecule has 0 aliphatic carbocycles. The van der Waals surface area contributed by atoms with Crippen molar-refractivity contribution in [2.75, 3.05) is 0 Å². The van der Waals surface area contributed by atoms with Gasteiger partial charge < -0.3 is 5.11 Å². The van der Waals surface area contributed by atoms with Crippen molar-refractivity contribution in [1.29, 1.82) is 0 Å². The number of hydrogen-bond donors (Lipinski definition) is 1. The van der Waals surface area contributed by atoms with Crippen LogP contribution in [0.25, 0.3) is 0 Å². The number of rotatable bonds is 3. The van der Waals surface area contributed by atoms with Crippen LogP contribution in [0.1, 0.15) is 30.7 Å². The molecule has 1 rings (SSSR count). The first kappa shape index (κ1) is 7.63. The fourth-order valence-corrected chi connectivity index (χ4v) is 1.26. The molecule has 56 valence electrons. The Bertz CT molecular complexity index is 176. The Morgan fingerprint density at radius 2 is 2.60 bits per heavy atom. The SMILES string of the molecule is CCCC(O)c1cnns1. The van der Waals surface area contributed by atoms with Crippen molar-refractivity contribution in [3.8, 4) is 0 Å². The fourth-order valence-electron chi connectivity index (χ4n) is 0.737. The standard InChI is InChI=1S/C6H10N2OS/c1-2-3-5(9)6-4-7-8-10-6/h4-5,9H,2-3H2,1H3. The summed E-state index contributed by atoms with van der Waals surface area (Å²) >= 11 is 1.26. The van der Waals surface area contributed by atoms with E-state index in [2.05, 4.69) is 9.59 Å². The maximum absolute atomic E-state index is 9.34. The largest absolute Gasteiger partial charge is 0.387 e. The molecule has 0 saturated heterocycles. The smallest absolute Gasteiger partial charge is 0.0914 e. The molecule has 1 aromatic rings. The van der Waals surface area contributed by atoms with E-state index in [9.17, 15) is 5.11 Å². The van der Waals surface area contributed by atoms with E-state index in [1.807, 2.05) is 6.92 Å². The van der Waals surface area contributed by atoms with Crippen molar-refractivity contribution in [2.24, 2.45) is 0 Å². The molecule has 0 bridgehead atoms. The molecular weight excluding hydrogens is 148 g/mol. The van der Waals surface area contributed by atoms with E-state index < -0.39 is 0 Å². The average molecular weight is 158 g/mol. The van der Waals surface area contributed by atoms with Crippen LogP contribution < -0.4 is 0 Å². The first-order valence-corrected chi connectivity index (χ1v) is 4.07. The van der Waals surface area contributed by atoms with E-state index in [1.54, 1.807) is 6.20 Å². The van der Waals surface area contributed by atoms with E-state index in [1.165, 1.54) is 11.5 Å². The summed E-state index contributed by atoms with van der Waals surface area (Å²) in [5.74, 6) is 0. The van der Waals surface area contributed by atoms with Gasteiger partial charge in [-0.2, -0.15) is 0 Å². The van der Waals surface area contributed by atoms with Gasteiger partial charge in [-0.15, -0.1) is 5.10 Å². The highest BCUT2D eigenvalue weighted by Crippen LogP contribution is 2.19. The van der Waals surface area contributed by atoms with Crippen LogP contribution in [0.5, 0.6) is 0 Å². The van der Waals surface area contributed by atoms with Crippen LogP contribution in [0, 0.1) is 0 Å². The molecule has 0 amide bonds. The van der Waals surface area contributed by atoms with Crippen molar-refractivity contribution in [1.82, 2.24) is 9.59 Å². The summed E-state index contributed by atoms with van der Waals surface area (Å²) in [6, 6.07) is 0. The van der Waals surface area contributed by atoms with Gasteiger partial charge in [-0.05, 0) is 18.0 Å². The summed E-state index contributed by atoms with van der Waals surface area (Å²) < 4.78 is 3.66. The Hall–Kier alpha value is -0.480. The van der Waals surface area contributed by atoms with Crippen molar-refractivity contribution < 1.29 is 5.11 Å². The third kappa shape index (κ3) is 1.75. The maximum Gasteiger partial charge on any atom is 0.0914 e. The molecule has 0 saturated carbocycles. The normalized spacial score (nSPS) is 13.4. The minimum atomic E-state index is -0.356. The monoisotopic (exact) mass is 158 g/mol. The molecule has 4 heteroatoms. The Balaban J connectivity index is 2.50. The van der Waals surface area contributed by atoms with E-state index in [4.69, 9.17) is 0 Å². The highest BCUT2D eigenvalue weighted by molar-refractivity contribution is 7.05. The molecule has 1 atom stereocenters. The predicted molar refractivity (Wildman–Crippen MR) is 39.8 cm³/mol. The Morgan fingerprint density at radius 3 is 3.10 bits per heavy atom. The molecule has 10 heavy (non-hydrogen) atoms. The van der Waals surface area contributed by atoms with Crippen LogP contribution in [0.4, 0.5) is 0 Å². The minimum Gasteiger partial charge on any atom is -0.387 e. The van der Waals surface area contributed by atoms with Gasteiger partial charge in [0.05, 0.1) is 17.2 Å². The zero-order valence-corrected chi connectivity index (χ0v) is 6.64. The highest BCUT2D eigenvalue weighted by atomic mass is 32.1. The molecule has 0 radical (unpaired) electrons. The number of nitrogens with zero attached hydrogens (tertiary/aromatic N) is 2. The molecule has 1 unspecified atom stereocenters. The highest BCUT2D eigenvalue weighted by Gasteiger charge is 2.07. The Labute approximate surface area is 63.9 Å². The summed E-state index contributed by atoms with van der Waals surface area (Å²) in [5.41, 5.74) is 0. The third-order valence-corrected chi connectivity index (χ3v) is 2.03. The summed E-state index contributed by atoms with van der Waals surface area (Å²) in [5, 5.41) is 13.0. The van der Waals surface area contributed by atoms with Crippen molar-refractivity contribution in [2.45, 2.75) is 25.9 Å². The fraction of sp³-hybridized carbons (Fsp3) is 0.667. The zero-order chi connectivity index (χ0) is 7.40. The first-order chi connectivity index (χ1) is 4.84. The first-order valence-electron chi connectivity index (χ1n) is 3.30. The van der Waals surface area contributed by atoms with Crippen LogP contribution in [-0.4, -0.2) is 14.7 Å². The maximum atomic E-state index is 9.34. The van der Waals surface area contributed by atoms with Gasteiger partial charge in [0.15, 0.2) is 0 Å². The molecule has 0 fully saturated rings. The molecule has 3 nitrogen and oxygen atoms in total. The summed E-state index contributed by atoms with van der Waals surface area (Å²) in [6.07, 6.45) is 3.04. The van der Waals surface area contributed by atoms with Crippen LogP contribution in [0.15, 0.2) is 6.20 Å². The van der Waals surface area contributed by atoms with Gasteiger partial charge in [-0.3, -0.25) is 0 Å².